The van der Waals surface area contributed by atoms with E-state index in [0.717, 1.165) is 27.0 Å². The molecular weight excluding hydrogens is 290 g/mol. The van der Waals surface area contributed by atoms with E-state index < -0.39 is 0 Å². The van der Waals surface area contributed by atoms with Gasteiger partial charge in [-0.1, -0.05) is 34.1 Å². The van der Waals surface area contributed by atoms with Crippen molar-refractivity contribution in [1.82, 2.24) is 4.98 Å². The van der Waals surface area contributed by atoms with Gasteiger partial charge in [-0.2, -0.15) is 0 Å². The van der Waals surface area contributed by atoms with E-state index in [-0.39, 0.29) is 0 Å². The van der Waals surface area contributed by atoms with E-state index in [9.17, 15) is 0 Å². The number of methoxy groups -OCH3 is 1. The number of aromatic amines is 1. The summed E-state index contributed by atoms with van der Waals surface area (Å²) >= 11 is 3.58. The number of rotatable bonds is 2. The number of H-pyrrole nitrogens is 1. The number of aromatic nitrogens is 1. The van der Waals surface area contributed by atoms with Crippen LogP contribution < -0.4 is 4.74 Å². The molecule has 2 aromatic carbocycles. The highest BCUT2D eigenvalue weighted by Crippen LogP contribution is 2.32. The smallest absolute Gasteiger partial charge is 0.119 e. The Morgan fingerprint density at radius 3 is 2.67 bits per heavy atom. The molecule has 2 nitrogen and oxygen atoms in total. The van der Waals surface area contributed by atoms with Crippen molar-refractivity contribution in [3.05, 3.63) is 53.0 Å². The van der Waals surface area contributed by atoms with Crippen molar-refractivity contribution in [2.45, 2.75) is 0 Å². The Morgan fingerprint density at radius 2 is 1.89 bits per heavy atom. The number of fused-ring (bicyclic) bond motifs is 1. The summed E-state index contributed by atoms with van der Waals surface area (Å²) in [6, 6.07) is 16.4. The maximum atomic E-state index is 5.27. The first-order valence-corrected chi connectivity index (χ1v) is 6.49. The Hall–Kier alpha value is -1.74. The minimum atomic E-state index is 0.854. The standard InChI is InChI=1S/C15H12BrNO/c1-18-11-6-7-13(16)12(9-11)15-8-10-4-2-3-5-14(10)17-15/h2-9,17H,1H3. The minimum absolute atomic E-state index is 0.854. The average Bonchev–Trinajstić information content (AvgIpc) is 2.82. The van der Waals surface area contributed by atoms with E-state index in [0.29, 0.717) is 0 Å². The summed E-state index contributed by atoms with van der Waals surface area (Å²) in [4.78, 5) is 3.42. The van der Waals surface area contributed by atoms with Crippen molar-refractivity contribution in [3.8, 4) is 17.0 Å². The minimum Gasteiger partial charge on any atom is -0.497 e. The third-order valence-electron chi connectivity index (χ3n) is 2.99. The second-order valence-electron chi connectivity index (χ2n) is 4.12. The van der Waals surface area contributed by atoms with Crippen molar-refractivity contribution < 1.29 is 4.74 Å². The zero-order valence-electron chi connectivity index (χ0n) is 9.91. The zero-order chi connectivity index (χ0) is 12.5. The Morgan fingerprint density at radius 1 is 1.06 bits per heavy atom. The van der Waals surface area contributed by atoms with E-state index in [1.807, 2.05) is 30.3 Å². The molecule has 18 heavy (non-hydrogen) atoms. The second kappa shape index (κ2) is 4.50. The number of para-hydroxylation sites is 1. The van der Waals surface area contributed by atoms with Gasteiger partial charge in [-0.15, -0.1) is 0 Å². The molecule has 1 heterocycles. The molecule has 0 saturated carbocycles. The quantitative estimate of drug-likeness (QED) is 0.735. The molecule has 0 spiro atoms. The largest absolute Gasteiger partial charge is 0.497 e. The monoisotopic (exact) mass is 301 g/mol. The lowest BCUT2D eigenvalue weighted by atomic mass is 10.1. The lowest BCUT2D eigenvalue weighted by Gasteiger charge is -2.05. The summed E-state index contributed by atoms with van der Waals surface area (Å²) in [5, 5.41) is 1.21. The third-order valence-corrected chi connectivity index (χ3v) is 3.69. The molecule has 1 N–H and O–H groups in total. The molecule has 0 radical (unpaired) electrons. The first-order chi connectivity index (χ1) is 8.78. The maximum absolute atomic E-state index is 5.27. The predicted octanol–water partition coefficient (Wildman–Crippen LogP) is 4.61. The van der Waals surface area contributed by atoms with Crippen molar-refractivity contribution in [2.24, 2.45) is 0 Å². The van der Waals surface area contributed by atoms with Crippen LogP contribution in [0.15, 0.2) is 53.0 Å². The lowest BCUT2D eigenvalue weighted by molar-refractivity contribution is 0.415. The Balaban J connectivity index is 2.19. The molecule has 0 saturated heterocycles. The number of benzene rings is 2. The molecule has 0 aliphatic carbocycles. The summed E-state index contributed by atoms with van der Waals surface area (Å²) < 4.78 is 6.32. The predicted molar refractivity (Wildman–Crippen MR) is 78.0 cm³/mol. The highest BCUT2D eigenvalue weighted by Gasteiger charge is 2.08. The topological polar surface area (TPSA) is 25.0 Å². The molecule has 0 unspecified atom stereocenters. The molecule has 0 amide bonds. The molecule has 0 atom stereocenters. The van der Waals surface area contributed by atoms with Gasteiger partial charge in [0, 0.05) is 26.6 Å². The molecule has 90 valence electrons. The Kier molecular flexibility index (Phi) is 2.84. The van der Waals surface area contributed by atoms with Gasteiger partial charge in [-0.25, -0.2) is 0 Å². The summed E-state index contributed by atoms with van der Waals surface area (Å²) in [6.07, 6.45) is 0. The van der Waals surface area contributed by atoms with Crippen LogP contribution in [-0.4, -0.2) is 12.1 Å². The molecule has 0 fully saturated rings. The number of ether oxygens (including phenoxy) is 1. The highest BCUT2D eigenvalue weighted by atomic mass is 79.9. The van der Waals surface area contributed by atoms with Gasteiger partial charge in [0.05, 0.1) is 7.11 Å². The molecular formula is C15H12BrNO. The van der Waals surface area contributed by atoms with Crippen LogP contribution in [0.2, 0.25) is 0 Å². The van der Waals surface area contributed by atoms with Gasteiger partial charge in [0.25, 0.3) is 0 Å². The van der Waals surface area contributed by atoms with Gasteiger partial charge in [0.2, 0.25) is 0 Å². The van der Waals surface area contributed by atoms with E-state index in [1.54, 1.807) is 7.11 Å². The van der Waals surface area contributed by atoms with Crippen LogP contribution in [0.1, 0.15) is 0 Å². The first kappa shape index (κ1) is 11.4. The highest BCUT2D eigenvalue weighted by molar-refractivity contribution is 9.10. The Labute approximate surface area is 114 Å². The van der Waals surface area contributed by atoms with E-state index >= 15 is 0 Å². The van der Waals surface area contributed by atoms with Crippen LogP contribution in [0.3, 0.4) is 0 Å². The molecule has 1 aromatic heterocycles. The fourth-order valence-corrected chi connectivity index (χ4v) is 2.52. The zero-order valence-corrected chi connectivity index (χ0v) is 11.5. The number of halogens is 1. The summed E-state index contributed by atoms with van der Waals surface area (Å²) in [5.41, 5.74) is 3.33. The van der Waals surface area contributed by atoms with Crippen LogP contribution >= 0.6 is 15.9 Å². The summed E-state index contributed by atoms with van der Waals surface area (Å²) in [5.74, 6) is 0.854. The van der Waals surface area contributed by atoms with Crippen LogP contribution in [0.25, 0.3) is 22.2 Å². The van der Waals surface area contributed by atoms with Gasteiger partial charge >= 0.3 is 0 Å². The van der Waals surface area contributed by atoms with Crippen molar-refractivity contribution in [3.63, 3.8) is 0 Å². The van der Waals surface area contributed by atoms with Gasteiger partial charge in [0.1, 0.15) is 5.75 Å². The molecule has 3 heteroatoms. The molecule has 0 bridgehead atoms. The molecule has 0 aliphatic rings. The third kappa shape index (κ3) is 1.91. The van der Waals surface area contributed by atoms with E-state index in [1.165, 1.54) is 5.39 Å². The van der Waals surface area contributed by atoms with Gasteiger partial charge in [-0.3, -0.25) is 0 Å². The SMILES string of the molecule is COc1ccc(Br)c(-c2cc3ccccc3[nH]2)c1. The van der Waals surface area contributed by atoms with Crippen molar-refractivity contribution in [2.75, 3.05) is 7.11 Å². The molecule has 3 aromatic rings. The first-order valence-electron chi connectivity index (χ1n) is 5.69. The fourth-order valence-electron chi connectivity index (χ4n) is 2.06. The van der Waals surface area contributed by atoms with Gasteiger partial charge in [0.15, 0.2) is 0 Å². The van der Waals surface area contributed by atoms with Crippen LogP contribution in [0.5, 0.6) is 5.75 Å². The van der Waals surface area contributed by atoms with Gasteiger partial charge in [-0.05, 0) is 30.3 Å². The number of hydrogen-bond acceptors (Lipinski definition) is 1. The summed E-state index contributed by atoms with van der Waals surface area (Å²) in [7, 11) is 1.68. The Bertz CT molecular complexity index is 670. The lowest BCUT2D eigenvalue weighted by Crippen LogP contribution is -1.85. The number of hydrogen-bond donors (Lipinski definition) is 1. The summed E-state index contributed by atoms with van der Waals surface area (Å²) in [6.45, 7) is 0. The van der Waals surface area contributed by atoms with Crippen LogP contribution in [-0.2, 0) is 0 Å². The number of nitrogens with one attached hydrogen (secondary N) is 1. The van der Waals surface area contributed by atoms with Crippen molar-refractivity contribution >= 4 is 26.8 Å². The average molecular weight is 302 g/mol. The maximum Gasteiger partial charge on any atom is 0.119 e. The molecule has 3 rings (SSSR count). The molecule has 0 aliphatic heterocycles. The van der Waals surface area contributed by atoms with E-state index in [2.05, 4.69) is 39.1 Å². The van der Waals surface area contributed by atoms with Gasteiger partial charge < -0.3 is 9.72 Å². The second-order valence-corrected chi connectivity index (χ2v) is 4.97. The normalized spacial score (nSPS) is 10.8. The fraction of sp³-hybridized carbons (Fsp3) is 0.0667. The van der Waals surface area contributed by atoms with Crippen LogP contribution in [0.4, 0.5) is 0 Å². The van der Waals surface area contributed by atoms with Crippen molar-refractivity contribution in [1.29, 1.82) is 0 Å². The van der Waals surface area contributed by atoms with E-state index in [4.69, 9.17) is 4.74 Å². The van der Waals surface area contributed by atoms with Crippen LogP contribution in [0, 0.1) is 0 Å².